The summed E-state index contributed by atoms with van der Waals surface area (Å²) >= 11 is 11.9. The molecule has 0 aromatic carbocycles. The minimum Gasteiger partial charge on any atom is -0.315 e. The average Bonchev–Trinajstić information content (AvgIpc) is 2.76. The van der Waals surface area contributed by atoms with Gasteiger partial charge >= 0.3 is 0 Å². The predicted molar refractivity (Wildman–Crippen MR) is 67.0 cm³/mol. The fourth-order valence-electron chi connectivity index (χ4n) is 1.95. The fourth-order valence-corrected chi connectivity index (χ4v) is 2.28. The van der Waals surface area contributed by atoms with E-state index < -0.39 is 0 Å². The number of nitrogens with one attached hydrogen (secondary N) is 1. The predicted octanol–water partition coefficient (Wildman–Crippen LogP) is 2.18. The molecule has 88 valence electrons. The Labute approximate surface area is 106 Å². The molecule has 0 saturated carbocycles. The molecule has 0 spiro atoms. The van der Waals surface area contributed by atoms with Crippen LogP contribution in [0.1, 0.15) is 12.1 Å². The van der Waals surface area contributed by atoms with Crippen LogP contribution in [0.5, 0.6) is 0 Å². The quantitative estimate of drug-likeness (QED) is 0.844. The molecule has 0 radical (unpaired) electrons. The Morgan fingerprint density at radius 2 is 2.31 bits per heavy atom. The topological polar surface area (TPSA) is 28.2 Å². The maximum atomic E-state index is 6.08. The van der Waals surface area contributed by atoms with Crippen LogP contribution in [0.2, 0.25) is 10.2 Å². The molecule has 1 saturated heterocycles. The van der Waals surface area contributed by atoms with Crippen LogP contribution in [0.25, 0.3) is 0 Å². The molecule has 1 N–H and O–H groups in total. The second-order valence-electron chi connectivity index (χ2n) is 4.12. The number of pyridine rings is 1. The van der Waals surface area contributed by atoms with Crippen molar-refractivity contribution < 1.29 is 0 Å². The molecule has 1 fully saturated rings. The van der Waals surface area contributed by atoms with Crippen molar-refractivity contribution in [3.8, 4) is 0 Å². The molecule has 1 aromatic rings. The molecule has 1 atom stereocenters. The molecule has 2 rings (SSSR count). The van der Waals surface area contributed by atoms with Crippen molar-refractivity contribution in [3.63, 3.8) is 0 Å². The van der Waals surface area contributed by atoms with Crippen LogP contribution in [0.4, 0.5) is 0 Å². The van der Waals surface area contributed by atoms with Crippen molar-refractivity contribution in [2.24, 2.45) is 0 Å². The van der Waals surface area contributed by atoms with E-state index >= 15 is 0 Å². The molecule has 0 aliphatic carbocycles. The van der Waals surface area contributed by atoms with Crippen molar-refractivity contribution in [3.05, 3.63) is 28.0 Å². The second kappa shape index (κ2) is 5.32. The van der Waals surface area contributed by atoms with Gasteiger partial charge in [0.05, 0.1) is 10.7 Å². The first-order valence-corrected chi connectivity index (χ1v) is 6.14. The lowest BCUT2D eigenvalue weighted by atomic mass is 10.2. The summed E-state index contributed by atoms with van der Waals surface area (Å²) in [4.78, 5) is 6.52. The molecule has 0 bridgehead atoms. The van der Waals surface area contributed by atoms with Gasteiger partial charge in [-0.2, -0.15) is 0 Å². The highest BCUT2D eigenvalue weighted by Crippen LogP contribution is 2.19. The largest absolute Gasteiger partial charge is 0.315 e. The molecule has 3 nitrogen and oxygen atoms in total. The summed E-state index contributed by atoms with van der Waals surface area (Å²) in [6.07, 6.45) is 1.18. The molecule has 16 heavy (non-hydrogen) atoms. The van der Waals surface area contributed by atoms with E-state index in [2.05, 4.69) is 22.2 Å². The number of aromatic nitrogens is 1. The van der Waals surface area contributed by atoms with Crippen LogP contribution < -0.4 is 5.32 Å². The maximum absolute atomic E-state index is 6.08. The molecule has 1 unspecified atom stereocenters. The van der Waals surface area contributed by atoms with Gasteiger partial charge in [0.2, 0.25) is 0 Å². The maximum Gasteiger partial charge on any atom is 0.129 e. The SMILES string of the molecule is CN(Cc1nc(Cl)ccc1Cl)C1CCNC1. The van der Waals surface area contributed by atoms with E-state index in [1.165, 1.54) is 6.42 Å². The third-order valence-electron chi connectivity index (χ3n) is 2.94. The van der Waals surface area contributed by atoms with Crippen molar-refractivity contribution in [2.45, 2.75) is 19.0 Å². The molecule has 1 aliphatic heterocycles. The summed E-state index contributed by atoms with van der Waals surface area (Å²) in [5, 5.41) is 4.52. The Bertz CT molecular complexity index is 364. The van der Waals surface area contributed by atoms with Gasteiger partial charge in [0, 0.05) is 19.1 Å². The zero-order chi connectivity index (χ0) is 11.5. The highest BCUT2D eigenvalue weighted by Gasteiger charge is 2.20. The van der Waals surface area contributed by atoms with Crippen molar-refractivity contribution >= 4 is 23.2 Å². The summed E-state index contributed by atoms with van der Waals surface area (Å²) < 4.78 is 0. The highest BCUT2D eigenvalue weighted by molar-refractivity contribution is 6.32. The van der Waals surface area contributed by atoms with Gasteiger partial charge < -0.3 is 5.32 Å². The average molecular weight is 260 g/mol. The van der Waals surface area contributed by atoms with Gasteiger partial charge in [-0.3, -0.25) is 4.90 Å². The molecule has 1 aromatic heterocycles. The van der Waals surface area contributed by atoms with Crippen molar-refractivity contribution in [1.29, 1.82) is 0 Å². The van der Waals surface area contributed by atoms with Gasteiger partial charge in [-0.05, 0) is 32.1 Å². The Morgan fingerprint density at radius 3 is 3.00 bits per heavy atom. The van der Waals surface area contributed by atoms with E-state index in [0.29, 0.717) is 16.2 Å². The lowest BCUT2D eigenvalue weighted by molar-refractivity contribution is 0.246. The Balaban J connectivity index is 2.04. The van der Waals surface area contributed by atoms with Gasteiger partial charge in [0.15, 0.2) is 0 Å². The number of hydrogen-bond donors (Lipinski definition) is 1. The van der Waals surface area contributed by atoms with E-state index in [1.807, 2.05) is 0 Å². The number of hydrogen-bond acceptors (Lipinski definition) is 3. The molecular formula is C11H15Cl2N3. The zero-order valence-electron chi connectivity index (χ0n) is 9.21. The van der Waals surface area contributed by atoms with E-state index in [0.717, 1.165) is 25.3 Å². The third kappa shape index (κ3) is 2.86. The van der Waals surface area contributed by atoms with Gasteiger partial charge in [-0.25, -0.2) is 4.98 Å². The van der Waals surface area contributed by atoms with Crippen LogP contribution in [-0.4, -0.2) is 36.1 Å². The summed E-state index contributed by atoms with van der Waals surface area (Å²) in [7, 11) is 2.09. The second-order valence-corrected chi connectivity index (χ2v) is 4.92. The van der Waals surface area contributed by atoms with E-state index in [9.17, 15) is 0 Å². The Morgan fingerprint density at radius 1 is 1.50 bits per heavy atom. The van der Waals surface area contributed by atoms with Crippen LogP contribution in [-0.2, 0) is 6.54 Å². The number of nitrogens with zero attached hydrogens (tertiary/aromatic N) is 2. The van der Waals surface area contributed by atoms with E-state index in [-0.39, 0.29) is 0 Å². The Hall–Kier alpha value is -0.350. The third-order valence-corrected chi connectivity index (χ3v) is 3.50. The van der Waals surface area contributed by atoms with Gasteiger partial charge in [-0.15, -0.1) is 0 Å². The lowest BCUT2D eigenvalue weighted by Gasteiger charge is -2.23. The first kappa shape index (κ1) is 12.1. The minimum atomic E-state index is 0.498. The fraction of sp³-hybridized carbons (Fsp3) is 0.545. The number of rotatable bonds is 3. The molecule has 1 aliphatic rings. The van der Waals surface area contributed by atoms with Crippen molar-refractivity contribution in [2.75, 3.05) is 20.1 Å². The first-order chi connectivity index (χ1) is 7.66. The lowest BCUT2D eigenvalue weighted by Crippen LogP contribution is -2.33. The van der Waals surface area contributed by atoms with Crippen LogP contribution in [0, 0.1) is 0 Å². The standard InChI is InChI=1S/C11H15Cl2N3/c1-16(8-4-5-14-6-8)7-10-9(12)2-3-11(13)15-10/h2-3,8,14H,4-7H2,1H3. The van der Waals surface area contributed by atoms with Crippen LogP contribution in [0.3, 0.4) is 0 Å². The molecule has 0 amide bonds. The summed E-state index contributed by atoms with van der Waals surface area (Å²) in [6, 6.07) is 4.08. The minimum absolute atomic E-state index is 0.498. The van der Waals surface area contributed by atoms with E-state index in [1.54, 1.807) is 12.1 Å². The van der Waals surface area contributed by atoms with Gasteiger partial charge in [0.1, 0.15) is 5.15 Å². The molecule has 5 heteroatoms. The van der Waals surface area contributed by atoms with Crippen LogP contribution >= 0.6 is 23.2 Å². The summed E-state index contributed by atoms with van der Waals surface area (Å²) in [5.74, 6) is 0. The number of halogens is 2. The highest BCUT2D eigenvalue weighted by atomic mass is 35.5. The summed E-state index contributed by atoms with van der Waals surface area (Å²) in [5.41, 5.74) is 0.851. The summed E-state index contributed by atoms with van der Waals surface area (Å²) in [6.45, 7) is 2.87. The zero-order valence-corrected chi connectivity index (χ0v) is 10.7. The monoisotopic (exact) mass is 259 g/mol. The normalized spacial score (nSPS) is 20.6. The number of likely N-dealkylation sites (N-methyl/N-ethyl adjacent to an activating group) is 1. The molecular weight excluding hydrogens is 245 g/mol. The van der Waals surface area contributed by atoms with E-state index in [4.69, 9.17) is 23.2 Å². The molecule has 2 heterocycles. The van der Waals surface area contributed by atoms with Gasteiger partial charge in [-0.1, -0.05) is 23.2 Å². The Kier molecular flexibility index (Phi) is 4.03. The van der Waals surface area contributed by atoms with Crippen LogP contribution in [0.15, 0.2) is 12.1 Å². The van der Waals surface area contributed by atoms with Crippen molar-refractivity contribution in [1.82, 2.24) is 15.2 Å². The smallest absolute Gasteiger partial charge is 0.129 e. The van der Waals surface area contributed by atoms with Gasteiger partial charge in [0.25, 0.3) is 0 Å². The first-order valence-electron chi connectivity index (χ1n) is 5.38.